The van der Waals surface area contributed by atoms with Gasteiger partial charge in [-0.1, -0.05) is 41.5 Å². The van der Waals surface area contributed by atoms with Gasteiger partial charge in [-0.05, 0) is 17.8 Å². The summed E-state index contributed by atoms with van der Waals surface area (Å²) in [6.07, 6.45) is -4.24. The maximum atomic E-state index is 13.4. The number of hydrogen-bond acceptors (Lipinski definition) is 4. The van der Waals surface area contributed by atoms with Gasteiger partial charge in [-0.3, -0.25) is 9.35 Å². The number of halogens is 3. The lowest BCUT2D eigenvalue weighted by atomic mass is 9.55. The van der Waals surface area contributed by atoms with E-state index in [-0.39, 0.29) is 0 Å². The Bertz CT molecular complexity index is 545. The van der Waals surface area contributed by atoms with Gasteiger partial charge in [0.25, 0.3) is 0 Å². The van der Waals surface area contributed by atoms with Gasteiger partial charge in [-0.25, -0.2) is 4.39 Å². The van der Waals surface area contributed by atoms with Gasteiger partial charge in [-0.2, -0.15) is 17.2 Å². The number of rotatable bonds is 6. The molecule has 9 heteroatoms. The van der Waals surface area contributed by atoms with Gasteiger partial charge in [-0.15, -0.1) is 0 Å². The third-order valence-corrected chi connectivity index (χ3v) is 5.66. The summed E-state index contributed by atoms with van der Waals surface area (Å²) in [6.45, 7) is 11.9. The molecule has 144 valence electrons. The summed E-state index contributed by atoms with van der Waals surface area (Å²) >= 11 is 0. The van der Waals surface area contributed by atoms with Crippen LogP contribution in [0.1, 0.15) is 54.9 Å². The number of carbonyl (C=O) groups is 1. The molecule has 0 fully saturated rings. The summed E-state index contributed by atoms with van der Waals surface area (Å²) in [6, 6.07) is 0. The number of carbonyl (C=O) groups excluding carboxylic acids is 1. The van der Waals surface area contributed by atoms with Crippen molar-refractivity contribution in [2.75, 3.05) is 6.61 Å². The minimum absolute atomic E-state index is 0.532. The standard InChI is InChI=1S/C15H27F3O5S/c1-12(2,3)14(7,13(4,5)6)11(19)23-9-8-10(16)15(17,18)24(20,21)22/h10H,8-9H2,1-7H3,(H,20,21,22). The smallest absolute Gasteiger partial charge is 0.400 e. The van der Waals surface area contributed by atoms with Crippen molar-refractivity contribution in [2.24, 2.45) is 16.2 Å². The van der Waals surface area contributed by atoms with Gasteiger partial charge in [0, 0.05) is 6.42 Å². The van der Waals surface area contributed by atoms with Crippen molar-refractivity contribution in [2.45, 2.75) is 66.3 Å². The lowest BCUT2D eigenvalue weighted by Crippen LogP contribution is -2.51. The Morgan fingerprint density at radius 3 is 1.71 bits per heavy atom. The highest BCUT2D eigenvalue weighted by Gasteiger charge is 2.55. The van der Waals surface area contributed by atoms with Gasteiger partial charge in [0.15, 0.2) is 6.17 Å². The van der Waals surface area contributed by atoms with E-state index >= 15 is 0 Å². The third kappa shape index (κ3) is 4.41. The average molecular weight is 376 g/mol. The van der Waals surface area contributed by atoms with E-state index in [1.807, 2.05) is 41.5 Å². The van der Waals surface area contributed by atoms with E-state index in [4.69, 9.17) is 9.29 Å². The van der Waals surface area contributed by atoms with Gasteiger partial charge in [0.2, 0.25) is 0 Å². The largest absolute Gasteiger partial charge is 0.465 e. The monoisotopic (exact) mass is 376 g/mol. The molecule has 0 bridgehead atoms. The SMILES string of the molecule is CC(C)(C)C(C)(C(=O)OCCC(F)C(F)(F)S(=O)(=O)O)C(C)(C)C. The Hall–Kier alpha value is -0.830. The molecule has 0 aromatic heterocycles. The van der Waals surface area contributed by atoms with E-state index in [0.717, 1.165) is 0 Å². The molecule has 0 rings (SSSR count). The second kappa shape index (κ2) is 6.82. The molecule has 0 spiro atoms. The summed E-state index contributed by atoms with van der Waals surface area (Å²) in [5.74, 6) is -0.690. The Morgan fingerprint density at radius 1 is 1.04 bits per heavy atom. The predicted molar refractivity (Wildman–Crippen MR) is 84.0 cm³/mol. The van der Waals surface area contributed by atoms with E-state index in [1.54, 1.807) is 6.92 Å². The first-order valence-corrected chi connectivity index (χ1v) is 8.90. The van der Waals surface area contributed by atoms with E-state index in [2.05, 4.69) is 0 Å². The van der Waals surface area contributed by atoms with Crippen LogP contribution < -0.4 is 0 Å². The first-order valence-electron chi connectivity index (χ1n) is 7.46. The van der Waals surface area contributed by atoms with Crippen molar-refractivity contribution in [1.82, 2.24) is 0 Å². The van der Waals surface area contributed by atoms with Crippen LogP contribution in [-0.2, 0) is 19.6 Å². The zero-order chi connectivity index (χ0) is 19.8. The first-order chi connectivity index (χ1) is 10.3. The fraction of sp³-hybridized carbons (Fsp3) is 0.933. The lowest BCUT2D eigenvalue weighted by molar-refractivity contribution is -0.173. The van der Waals surface area contributed by atoms with Crippen LogP contribution in [0.4, 0.5) is 13.2 Å². The molecule has 24 heavy (non-hydrogen) atoms. The fourth-order valence-electron chi connectivity index (χ4n) is 2.47. The predicted octanol–water partition coefficient (Wildman–Crippen LogP) is 3.84. The maximum absolute atomic E-state index is 13.4. The van der Waals surface area contributed by atoms with Crippen LogP contribution in [0.2, 0.25) is 0 Å². The molecule has 0 saturated carbocycles. The average Bonchev–Trinajstić information content (AvgIpc) is 2.32. The second-order valence-electron chi connectivity index (χ2n) is 8.05. The highest BCUT2D eigenvalue weighted by molar-refractivity contribution is 7.86. The Kier molecular flexibility index (Phi) is 6.58. The molecule has 0 radical (unpaired) electrons. The molecule has 0 amide bonds. The van der Waals surface area contributed by atoms with Gasteiger partial charge in [0.1, 0.15) is 0 Å². The molecule has 1 atom stereocenters. The van der Waals surface area contributed by atoms with Crippen LogP contribution >= 0.6 is 0 Å². The number of alkyl halides is 3. The zero-order valence-electron chi connectivity index (χ0n) is 15.1. The molecule has 1 unspecified atom stereocenters. The molecule has 0 aliphatic heterocycles. The van der Waals surface area contributed by atoms with E-state index < -0.39 is 56.8 Å². The van der Waals surface area contributed by atoms with Crippen molar-refractivity contribution in [3.05, 3.63) is 0 Å². The van der Waals surface area contributed by atoms with Gasteiger partial charge >= 0.3 is 21.3 Å². The van der Waals surface area contributed by atoms with Crippen molar-refractivity contribution in [3.63, 3.8) is 0 Å². The molecule has 0 heterocycles. The quantitative estimate of drug-likeness (QED) is 0.563. The number of hydrogen-bond donors (Lipinski definition) is 1. The minimum Gasteiger partial charge on any atom is -0.465 e. The molecular formula is C15H27F3O5S. The summed E-state index contributed by atoms with van der Waals surface area (Å²) in [5.41, 5.74) is -2.07. The van der Waals surface area contributed by atoms with Crippen LogP contribution in [0.5, 0.6) is 0 Å². The van der Waals surface area contributed by atoms with Crippen LogP contribution in [0.25, 0.3) is 0 Å². The molecule has 0 saturated heterocycles. The summed E-state index contributed by atoms with van der Waals surface area (Å²) < 4.78 is 73.9. The van der Waals surface area contributed by atoms with Crippen LogP contribution in [-0.4, -0.2) is 37.0 Å². The summed E-state index contributed by atoms with van der Waals surface area (Å²) in [7, 11) is -5.88. The number of ether oxygens (including phenoxy) is 1. The molecule has 5 nitrogen and oxygen atoms in total. The topological polar surface area (TPSA) is 80.7 Å². The zero-order valence-corrected chi connectivity index (χ0v) is 15.9. The summed E-state index contributed by atoms with van der Waals surface area (Å²) in [4.78, 5) is 12.5. The Labute approximate surface area is 141 Å². The molecule has 0 aliphatic carbocycles. The normalized spacial score (nSPS) is 16.0. The molecule has 0 aromatic carbocycles. The van der Waals surface area contributed by atoms with Crippen LogP contribution in [0, 0.1) is 16.2 Å². The van der Waals surface area contributed by atoms with Gasteiger partial charge in [0.05, 0.1) is 12.0 Å². The minimum atomic E-state index is -5.88. The van der Waals surface area contributed by atoms with Crippen LogP contribution in [0.3, 0.4) is 0 Å². The van der Waals surface area contributed by atoms with Crippen molar-refractivity contribution in [3.8, 4) is 0 Å². The van der Waals surface area contributed by atoms with E-state index in [0.29, 0.717) is 0 Å². The van der Waals surface area contributed by atoms with Crippen molar-refractivity contribution < 1.29 is 35.7 Å². The molecule has 0 aromatic rings. The highest BCUT2D eigenvalue weighted by Crippen LogP contribution is 2.52. The van der Waals surface area contributed by atoms with E-state index in [9.17, 15) is 26.4 Å². The lowest BCUT2D eigenvalue weighted by Gasteiger charge is -2.48. The third-order valence-electron chi connectivity index (χ3n) is 4.72. The molecular weight excluding hydrogens is 349 g/mol. The fourth-order valence-corrected chi connectivity index (χ4v) is 2.91. The Morgan fingerprint density at radius 2 is 1.42 bits per heavy atom. The van der Waals surface area contributed by atoms with Gasteiger partial charge < -0.3 is 4.74 Å². The van der Waals surface area contributed by atoms with Crippen molar-refractivity contribution in [1.29, 1.82) is 0 Å². The molecule has 1 N–H and O–H groups in total. The molecule has 0 aliphatic rings. The van der Waals surface area contributed by atoms with Crippen molar-refractivity contribution >= 4 is 16.1 Å². The second-order valence-corrected chi connectivity index (χ2v) is 9.55. The number of esters is 1. The Balaban J connectivity index is 5.10. The highest BCUT2D eigenvalue weighted by atomic mass is 32.2. The maximum Gasteiger partial charge on any atom is 0.400 e. The van der Waals surface area contributed by atoms with E-state index in [1.165, 1.54) is 0 Å². The first kappa shape index (κ1) is 23.2. The van der Waals surface area contributed by atoms with Crippen LogP contribution in [0.15, 0.2) is 0 Å². The summed E-state index contributed by atoms with van der Waals surface area (Å²) in [5, 5.41) is -4.95.